The summed E-state index contributed by atoms with van der Waals surface area (Å²) in [7, 11) is 3.55. The predicted octanol–water partition coefficient (Wildman–Crippen LogP) is 2.32. The van der Waals surface area contributed by atoms with Gasteiger partial charge in [0, 0.05) is 39.5 Å². The Morgan fingerprint density at radius 3 is 2.96 bits per heavy atom. The van der Waals surface area contributed by atoms with Crippen molar-refractivity contribution in [2.75, 3.05) is 14.1 Å². The molecule has 0 bridgehead atoms. The highest BCUT2D eigenvalue weighted by Gasteiger charge is 2.43. The van der Waals surface area contributed by atoms with Gasteiger partial charge in [0.1, 0.15) is 0 Å². The highest BCUT2D eigenvalue weighted by Crippen LogP contribution is 2.37. The third kappa shape index (κ3) is 3.12. The van der Waals surface area contributed by atoms with E-state index in [0.29, 0.717) is 6.54 Å². The minimum absolute atomic E-state index is 0.00105. The fourth-order valence-corrected chi connectivity index (χ4v) is 3.78. The molecule has 1 saturated heterocycles. The number of thiophene rings is 1. The smallest absolute Gasteiger partial charge is 0.228 e. The first-order valence-corrected chi connectivity index (χ1v) is 8.44. The van der Waals surface area contributed by atoms with Crippen LogP contribution >= 0.6 is 11.3 Å². The number of rotatable bonds is 4. The molecule has 1 fully saturated rings. The number of aromatic nitrogens is 1. The minimum atomic E-state index is -0.361. The second-order valence-corrected chi connectivity index (χ2v) is 6.65. The number of carbonyl (C=O) groups is 2. The van der Waals surface area contributed by atoms with E-state index in [0.717, 1.165) is 11.1 Å². The molecule has 0 aliphatic carbocycles. The second kappa shape index (κ2) is 6.50. The lowest BCUT2D eigenvalue weighted by Crippen LogP contribution is -2.35. The molecule has 5 nitrogen and oxygen atoms in total. The van der Waals surface area contributed by atoms with E-state index in [1.807, 2.05) is 29.0 Å². The van der Waals surface area contributed by atoms with Gasteiger partial charge in [-0.05, 0) is 34.0 Å². The van der Waals surface area contributed by atoms with Crippen molar-refractivity contribution in [3.8, 4) is 0 Å². The van der Waals surface area contributed by atoms with E-state index in [4.69, 9.17) is 0 Å². The molecule has 1 aliphatic rings. The molecule has 0 saturated carbocycles. The van der Waals surface area contributed by atoms with Gasteiger partial charge in [-0.1, -0.05) is 6.07 Å². The monoisotopic (exact) mass is 329 g/mol. The second-order valence-electron chi connectivity index (χ2n) is 5.87. The standard InChI is InChI=1S/C17H19N3O2S/c1-19(10-12-5-7-23-11-12)17(22)14-8-15(21)20(2)16(14)13-4-3-6-18-9-13/h3-7,9,11,14,16H,8,10H2,1-2H3/t14-,16+/m1/s1. The molecule has 2 amide bonds. The largest absolute Gasteiger partial charge is 0.341 e. The van der Waals surface area contributed by atoms with Gasteiger partial charge in [-0.15, -0.1) is 0 Å². The zero-order valence-corrected chi connectivity index (χ0v) is 14.0. The Labute approximate surface area is 139 Å². The van der Waals surface area contributed by atoms with E-state index >= 15 is 0 Å². The Hall–Kier alpha value is -2.21. The van der Waals surface area contributed by atoms with Gasteiger partial charge in [-0.25, -0.2) is 0 Å². The van der Waals surface area contributed by atoms with Crippen molar-refractivity contribution in [1.82, 2.24) is 14.8 Å². The van der Waals surface area contributed by atoms with E-state index in [1.54, 1.807) is 47.6 Å². The number of pyridine rings is 1. The topological polar surface area (TPSA) is 53.5 Å². The number of hydrogen-bond donors (Lipinski definition) is 0. The van der Waals surface area contributed by atoms with Crippen LogP contribution < -0.4 is 0 Å². The Kier molecular flexibility index (Phi) is 4.43. The Balaban J connectivity index is 1.81. The van der Waals surface area contributed by atoms with Crippen molar-refractivity contribution >= 4 is 23.2 Å². The van der Waals surface area contributed by atoms with Crippen molar-refractivity contribution in [3.63, 3.8) is 0 Å². The Morgan fingerprint density at radius 1 is 1.48 bits per heavy atom. The van der Waals surface area contributed by atoms with Crippen molar-refractivity contribution in [2.24, 2.45) is 5.92 Å². The third-order valence-electron chi connectivity index (χ3n) is 4.31. The van der Waals surface area contributed by atoms with Crippen LogP contribution in [0.25, 0.3) is 0 Å². The van der Waals surface area contributed by atoms with Crippen molar-refractivity contribution in [1.29, 1.82) is 0 Å². The number of likely N-dealkylation sites (tertiary alicyclic amines) is 1. The summed E-state index contributed by atoms with van der Waals surface area (Å²) in [6, 6.07) is 5.53. The van der Waals surface area contributed by atoms with Crippen LogP contribution in [-0.4, -0.2) is 40.7 Å². The van der Waals surface area contributed by atoms with E-state index in [9.17, 15) is 9.59 Å². The molecule has 23 heavy (non-hydrogen) atoms. The van der Waals surface area contributed by atoms with Crippen LogP contribution in [-0.2, 0) is 16.1 Å². The summed E-state index contributed by atoms with van der Waals surface area (Å²) in [5, 5.41) is 4.03. The molecule has 1 aliphatic heterocycles. The fourth-order valence-electron chi connectivity index (χ4n) is 3.12. The molecule has 2 aromatic rings. The van der Waals surface area contributed by atoms with E-state index in [-0.39, 0.29) is 30.2 Å². The molecule has 0 N–H and O–H groups in total. The first kappa shape index (κ1) is 15.7. The van der Waals surface area contributed by atoms with Crippen LogP contribution in [0.2, 0.25) is 0 Å². The number of carbonyl (C=O) groups excluding carboxylic acids is 2. The normalized spacial score (nSPS) is 20.8. The first-order chi connectivity index (χ1) is 11.1. The SMILES string of the molecule is CN(Cc1ccsc1)C(=O)[C@@H]1CC(=O)N(C)[C@H]1c1cccnc1. The Bertz CT molecular complexity index is 687. The van der Waals surface area contributed by atoms with Gasteiger partial charge in [-0.2, -0.15) is 11.3 Å². The maximum Gasteiger partial charge on any atom is 0.228 e. The maximum atomic E-state index is 12.9. The van der Waals surface area contributed by atoms with Crippen LogP contribution in [0, 0.1) is 5.92 Å². The molecule has 3 heterocycles. The van der Waals surface area contributed by atoms with Crippen LogP contribution in [0.1, 0.15) is 23.6 Å². The van der Waals surface area contributed by atoms with E-state index in [1.165, 1.54) is 0 Å². The average molecular weight is 329 g/mol. The zero-order chi connectivity index (χ0) is 16.4. The van der Waals surface area contributed by atoms with Gasteiger partial charge in [0.2, 0.25) is 11.8 Å². The fraction of sp³-hybridized carbons (Fsp3) is 0.353. The summed E-state index contributed by atoms with van der Waals surface area (Å²) in [4.78, 5) is 32.5. The van der Waals surface area contributed by atoms with Gasteiger partial charge in [0.25, 0.3) is 0 Å². The van der Waals surface area contributed by atoms with Crippen LogP contribution in [0.5, 0.6) is 0 Å². The quantitative estimate of drug-likeness (QED) is 0.865. The van der Waals surface area contributed by atoms with Crippen LogP contribution in [0.3, 0.4) is 0 Å². The maximum absolute atomic E-state index is 12.9. The van der Waals surface area contributed by atoms with Gasteiger partial charge in [0.15, 0.2) is 0 Å². The number of nitrogens with zero attached hydrogens (tertiary/aromatic N) is 3. The molecule has 2 aromatic heterocycles. The number of amides is 2. The molecular formula is C17H19N3O2S. The molecule has 0 aromatic carbocycles. The molecule has 120 valence electrons. The van der Waals surface area contributed by atoms with Crippen LogP contribution in [0.4, 0.5) is 0 Å². The lowest BCUT2D eigenvalue weighted by atomic mass is 9.93. The predicted molar refractivity (Wildman–Crippen MR) is 88.6 cm³/mol. The summed E-state index contributed by atoms with van der Waals surface area (Å²) in [5.41, 5.74) is 2.02. The number of hydrogen-bond acceptors (Lipinski definition) is 4. The summed E-state index contributed by atoms with van der Waals surface area (Å²) in [5.74, 6) is -0.357. The summed E-state index contributed by atoms with van der Waals surface area (Å²) in [6.45, 7) is 0.566. The molecule has 0 spiro atoms. The lowest BCUT2D eigenvalue weighted by Gasteiger charge is -2.27. The molecule has 0 radical (unpaired) electrons. The van der Waals surface area contributed by atoms with Crippen LogP contribution in [0.15, 0.2) is 41.4 Å². The highest BCUT2D eigenvalue weighted by molar-refractivity contribution is 7.07. The molecule has 2 atom stereocenters. The van der Waals surface area contributed by atoms with Gasteiger partial charge < -0.3 is 9.80 Å². The summed E-state index contributed by atoms with van der Waals surface area (Å²) >= 11 is 1.62. The summed E-state index contributed by atoms with van der Waals surface area (Å²) in [6.07, 6.45) is 3.68. The third-order valence-corrected chi connectivity index (χ3v) is 5.04. The van der Waals surface area contributed by atoms with Gasteiger partial charge in [0.05, 0.1) is 12.0 Å². The molecule has 0 unspecified atom stereocenters. The minimum Gasteiger partial charge on any atom is -0.341 e. The van der Waals surface area contributed by atoms with Crippen molar-refractivity contribution < 1.29 is 9.59 Å². The summed E-state index contributed by atoms with van der Waals surface area (Å²) < 4.78 is 0. The van der Waals surface area contributed by atoms with E-state index < -0.39 is 0 Å². The highest BCUT2D eigenvalue weighted by atomic mass is 32.1. The van der Waals surface area contributed by atoms with Crippen molar-refractivity contribution in [2.45, 2.75) is 19.0 Å². The Morgan fingerprint density at radius 2 is 2.30 bits per heavy atom. The lowest BCUT2D eigenvalue weighted by molar-refractivity contribution is -0.135. The first-order valence-electron chi connectivity index (χ1n) is 7.49. The van der Waals surface area contributed by atoms with Crippen molar-refractivity contribution in [3.05, 3.63) is 52.5 Å². The van der Waals surface area contributed by atoms with Gasteiger partial charge >= 0.3 is 0 Å². The molecular weight excluding hydrogens is 310 g/mol. The molecule has 3 rings (SSSR count). The average Bonchev–Trinajstić information content (AvgIpc) is 3.16. The van der Waals surface area contributed by atoms with E-state index in [2.05, 4.69) is 4.98 Å². The van der Waals surface area contributed by atoms with Gasteiger partial charge in [-0.3, -0.25) is 14.6 Å². The molecule has 6 heteroatoms. The zero-order valence-electron chi connectivity index (χ0n) is 13.2.